The van der Waals surface area contributed by atoms with E-state index < -0.39 is 6.04 Å². The van der Waals surface area contributed by atoms with Gasteiger partial charge in [0, 0.05) is 6.42 Å². The molecule has 0 saturated heterocycles. The second-order valence-electron chi connectivity index (χ2n) is 4.89. The van der Waals surface area contributed by atoms with Crippen molar-refractivity contribution in [2.24, 2.45) is 5.73 Å². The van der Waals surface area contributed by atoms with Gasteiger partial charge in [-0.15, -0.1) is 22.6 Å². The largest absolute Gasteiger partial charge is 0.320 e. The van der Waals surface area contributed by atoms with E-state index in [1.807, 2.05) is 30.3 Å². The fourth-order valence-corrected chi connectivity index (χ4v) is 2.68. The van der Waals surface area contributed by atoms with Crippen LogP contribution in [0.25, 0.3) is 0 Å². The molecular weight excluding hydrogens is 320 g/mol. The molecule has 120 valence electrons. The summed E-state index contributed by atoms with van der Waals surface area (Å²) in [7, 11) is 0. The van der Waals surface area contributed by atoms with Gasteiger partial charge < -0.3 is 5.73 Å². The van der Waals surface area contributed by atoms with E-state index in [4.69, 9.17) is 5.73 Å². The first-order valence-corrected chi connectivity index (χ1v) is 7.93. The zero-order valence-electron chi connectivity index (χ0n) is 12.5. The Kier molecular flexibility index (Phi) is 8.01. The number of aryl methyl sites for hydroxylation is 1. The number of halogens is 1. The van der Waals surface area contributed by atoms with Crippen molar-refractivity contribution in [2.75, 3.05) is 5.32 Å². The van der Waals surface area contributed by atoms with Gasteiger partial charge in [0.05, 0.1) is 6.04 Å². The molecule has 2 aromatic rings. The second kappa shape index (κ2) is 9.50. The topological polar surface area (TPSA) is 80.9 Å². The molecule has 3 N–H and O–H groups in total. The van der Waals surface area contributed by atoms with Gasteiger partial charge >= 0.3 is 0 Å². The molecule has 1 unspecified atom stereocenters. The molecule has 1 aromatic carbocycles. The van der Waals surface area contributed by atoms with Crippen molar-refractivity contribution in [3.8, 4) is 0 Å². The van der Waals surface area contributed by atoms with Crippen LogP contribution in [-0.2, 0) is 17.6 Å². The average molecular weight is 341 g/mol. The number of benzene rings is 1. The lowest BCUT2D eigenvalue weighted by molar-refractivity contribution is -0.117. The van der Waals surface area contributed by atoms with E-state index >= 15 is 0 Å². The Labute approximate surface area is 140 Å². The van der Waals surface area contributed by atoms with Crippen LogP contribution in [-0.4, -0.2) is 22.1 Å². The number of anilines is 1. The number of unbranched alkanes of at least 4 members (excludes halogenated alkanes) is 1. The quantitative estimate of drug-likeness (QED) is 0.812. The molecule has 0 aliphatic heterocycles. The first-order valence-electron chi connectivity index (χ1n) is 7.11. The summed E-state index contributed by atoms with van der Waals surface area (Å²) >= 11 is 1.42. The maximum Gasteiger partial charge on any atom is 0.243 e. The van der Waals surface area contributed by atoms with Crippen LogP contribution < -0.4 is 11.1 Å². The van der Waals surface area contributed by atoms with Crippen molar-refractivity contribution in [1.29, 1.82) is 0 Å². The fraction of sp³-hybridized carbons (Fsp3) is 0.400. The lowest BCUT2D eigenvalue weighted by Gasteiger charge is -2.10. The molecule has 0 bridgehead atoms. The SMILES string of the molecule is CCCCc1nnc(NC(=O)C(N)Cc2ccccc2)s1.Cl. The van der Waals surface area contributed by atoms with Crippen LogP contribution >= 0.6 is 23.7 Å². The molecular formula is C15H21ClN4OS. The Hall–Kier alpha value is -1.50. The maximum absolute atomic E-state index is 12.0. The fourth-order valence-electron chi connectivity index (χ4n) is 1.89. The van der Waals surface area contributed by atoms with E-state index in [1.165, 1.54) is 11.3 Å². The van der Waals surface area contributed by atoms with Gasteiger partial charge in [-0.1, -0.05) is 55.0 Å². The predicted octanol–water partition coefficient (Wildman–Crippen LogP) is 2.81. The molecule has 0 saturated carbocycles. The van der Waals surface area contributed by atoms with Crippen molar-refractivity contribution >= 4 is 34.8 Å². The zero-order valence-corrected chi connectivity index (χ0v) is 14.1. The highest BCUT2D eigenvalue weighted by atomic mass is 35.5. The van der Waals surface area contributed by atoms with Gasteiger partial charge in [-0.3, -0.25) is 10.1 Å². The molecule has 1 amide bonds. The van der Waals surface area contributed by atoms with E-state index in [0.717, 1.165) is 29.8 Å². The summed E-state index contributed by atoms with van der Waals surface area (Å²) in [6, 6.07) is 9.14. The van der Waals surface area contributed by atoms with Crippen molar-refractivity contribution < 1.29 is 4.79 Å². The molecule has 0 spiro atoms. The number of carbonyl (C=O) groups excluding carboxylic acids is 1. The van der Waals surface area contributed by atoms with Crippen molar-refractivity contribution in [2.45, 2.75) is 38.6 Å². The van der Waals surface area contributed by atoms with Crippen LogP contribution in [0.1, 0.15) is 30.3 Å². The molecule has 0 aliphatic carbocycles. The van der Waals surface area contributed by atoms with E-state index in [2.05, 4.69) is 22.4 Å². The van der Waals surface area contributed by atoms with Crippen LogP contribution in [0.5, 0.6) is 0 Å². The second-order valence-corrected chi connectivity index (χ2v) is 5.95. The first kappa shape index (κ1) is 18.5. The summed E-state index contributed by atoms with van der Waals surface area (Å²) in [5, 5.41) is 12.3. The van der Waals surface area contributed by atoms with Gasteiger partial charge in [-0.25, -0.2) is 0 Å². The third kappa shape index (κ3) is 5.71. The minimum Gasteiger partial charge on any atom is -0.320 e. The van der Waals surface area contributed by atoms with Gasteiger partial charge in [-0.2, -0.15) is 0 Å². The Bertz CT molecular complexity index is 576. The minimum atomic E-state index is -0.588. The molecule has 5 nitrogen and oxygen atoms in total. The Morgan fingerprint density at radius 3 is 2.73 bits per heavy atom. The summed E-state index contributed by atoms with van der Waals surface area (Å²) in [4.78, 5) is 12.0. The van der Waals surface area contributed by atoms with Gasteiger partial charge in [0.2, 0.25) is 11.0 Å². The molecule has 1 atom stereocenters. The molecule has 0 aliphatic rings. The van der Waals surface area contributed by atoms with Gasteiger partial charge in [0.25, 0.3) is 0 Å². The minimum absolute atomic E-state index is 0. The van der Waals surface area contributed by atoms with Crippen molar-refractivity contribution in [3.63, 3.8) is 0 Å². The summed E-state index contributed by atoms with van der Waals surface area (Å²) < 4.78 is 0. The number of nitrogens with two attached hydrogens (primary N) is 1. The number of carbonyl (C=O) groups is 1. The summed E-state index contributed by atoms with van der Waals surface area (Å²) in [5.74, 6) is -0.225. The number of hydrogen-bond acceptors (Lipinski definition) is 5. The predicted molar refractivity (Wildman–Crippen MR) is 92.5 cm³/mol. The lowest BCUT2D eigenvalue weighted by Crippen LogP contribution is -2.37. The number of hydrogen-bond donors (Lipinski definition) is 2. The zero-order chi connectivity index (χ0) is 15.1. The van der Waals surface area contributed by atoms with E-state index in [1.54, 1.807) is 0 Å². The Morgan fingerprint density at radius 1 is 1.32 bits per heavy atom. The normalized spacial score (nSPS) is 11.5. The van der Waals surface area contributed by atoms with Crippen LogP contribution in [0.4, 0.5) is 5.13 Å². The average Bonchev–Trinajstić information content (AvgIpc) is 2.93. The van der Waals surface area contributed by atoms with Crippen LogP contribution in [0.15, 0.2) is 30.3 Å². The Balaban J connectivity index is 0.00000242. The van der Waals surface area contributed by atoms with Crippen LogP contribution in [0, 0.1) is 0 Å². The summed E-state index contributed by atoms with van der Waals surface area (Å²) in [6.45, 7) is 2.13. The van der Waals surface area contributed by atoms with E-state index in [-0.39, 0.29) is 18.3 Å². The number of nitrogens with zero attached hydrogens (tertiary/aromatic N) is 2. The number of rotatable bonds is 7. The summed E-state index contributed by atoms with van der Waals surface area (Å²) in [6.07, 6.45) is 3.60. The third-order valence-electron chi connectivity index (χ3n) is 3.08. The van der Waals surface area contributed by atoms with E-state index in [9.17, 15) is 4.79 Å². The van der Waals surface area contributed by atoms with Crippen molar-refractivity contribution in [3.05, 3.63) is 40.9 Å². The summed E-state index contributed by atoms with van der Waals surface area (Å²) in [5.41, 5.74) is 6.97. The Morgan fingerprint density at radius 2 is 2.05 bits per heavy atom. The standard InChI is InChI=1S/C15H20N4OS.ClH/c1-2-3-9-13-18-19-15(21-13)17-14(20)12(16)10-11-7-5-4-6-8-11;/h4-8,12H,2-3,9-10,16H2,1H3,(H,17,19,20);1H. The highest BCUT2D eigenvalue weighted by Crippen LogP contribution is 2.17. The highest BCUT2D eigenvalue weighted by Gasteiger charge is 2.16. The number of nitrogens with one attached hydrogen (secondary N) is 1. The monoisotopic (exact) mass is 340 g/mol. The maximum atomic E-state index is 12.0. The molecule has 1 heterocycles. The number of aromatic nitrogens is 2. The van der Waals surface area contributed by atoms with Gasteiger partial charge in [0.1, 0.15) is 5.01 Å². The molecule has 0 fully saturated rings. The molecule has 2 rings (SSSR count). The highest BCUT2D eigenvalue weighted by molar-refractivity contribution is 7.15. The first-order chi connectivity index (χ1) is 10.2. The van der Waals surface area contributed by atoms with Gasteiger partial charge in [0.15, 0.2) is 0 Å². The van der Waals surface area contributed by atoms with E-state index in [0.29, 0.717) is 11.6 Å². The lowest BCUT2D eigenvalue weighted by atomic mass is 10.1. The molecule has 22 heavy (non-hydrogen) atoms. The smallest absolute Gasteiger partial charge is 0.243 e. The molecule has 0 radical (unpaired) electrons. The van der Waals surface area contributed by atoms with Crippen molar-refractivity contribution in [1.82, 2.24) is 10.2 Å². The third-order valence-corrected chi connectivity index (χ3v) is 3.97. The van der Waals surface area contributed by atoms with Crippen LogP contribution in [0.2, 0.25) is 0 Å². The molecule has 1 aromatic heterocycles. The molecule has 7 heteroatoms. The van der Waals surface area contributed by atoms with Crippen LogP contribution in [0.3, 0.4) is 0 Å². The number of amides is 1. The van der Waals surface area contributed by atoms with Gasteiger partial charge in [-0.05, 0) is 18.4 Å².